The van der Waals surface area contributed by atoms with Crippen LogP contribution in [0, 0.1) is 6.92 Å². The molecule has 15 heavy (non-hydrogen) atoms. The molecule has 1 amide bonds. The molecule has 1 aromatic heterocycles. The maximum Gasteiger partial charge on any atom is 0.237 e. The molecule has 4 heteroatoms. The lowest BCUT2D eigenvalue weighted by atomic mass is 10.2. The van der Waals surface area contributed by atoms with E-state index in [0.717, 1.165) is 19.4 Å². The van der Waals surface area contributed by atoms with E-state index >= 15 is 0 Å². The summed E-state index contributed by atoms with van der Waals surface area (Å²) in [6.07, 6.45) is 2.07. The first kappa shape index (κ1) is 10.6. The summed E-state index contributed by atoms with van der Waals surface area (Å²) >= 11 is 1.74. The Labute approximate surface area is 93.9 Å². The van der Waals surface area contributed by atoms with Crippen molar-refractivity contribution in [1.29, 1.82) is 0 Å². The second-order valence-corrected chi connectivity index (χ2v) is 5.25. The van der Waals surface area contributed by atoms with E-state index in [2.05, 4.69) is 29.7 Å². The van der Waals surface area contributed by atoms with E-state index < -0.39 is 0 Å². The molecular formula is C11H16N2OS. The van der Waals surface area contributed by atoms with Gasteiger partial charge in [-0.15, -0.1) is 11.3 Å². The van der Waals surface area contributed by atoms with Gasteiger partial charge in [0, 0.05) is 9.75 Å². The standard InChI is InChI=1S/C11H16N2OS/c1-8-4-5-9(15-8)7-13-11(14)10-3-2-6-12-10/h4-5,10,12H,2-3,6-7H2,1H3,(H,13,14). The highest BCUT2D eigenvalue weighted by atomic mass is 32.1. The van der Waals surface area contributed by atoms with Crippen LogP contribution in [0.5, 0.6) is 0 Å². The normalized spacial score (nSPS) is 20.5. The summed E-state index contributed by atoms with van der Waals surface area (Å²) in [5.74, 6) is 0.138. The minimum absolute atomic E-state index is 0.0334. The van der Waals surface area contributed by atoms with Crippen LogP contribution in [0.1, 0.15) is 22.6 Å². The van der Waals surface area contributed by atoms with E-state index in [1.807, 2.05) is 0 Å². The molecule has 0 spiro atoms. The van der Waals surface area contributed by atoms with Gasteiger partial charge in [-0.2, -0.15) is 0 Å². The van der Waals surface area contributed by atoms with Crippen LogP contribution in [0.2, 0.25) is 0 Å². The van der Waals surface area contributed by atoms with Crippen molar-refractivity contribution in [2.45, 2.75) is 32.4 Å². The van der Waals surface area contributed by atoms with Crippen molar-refractivity contribution < 1.29 is 4.79 Å². The molecule has 0 aromatic carbocycles. The molecule has 1 aliphatic rings. The van der Waals surface area contributed by atoms with E-state index in [-0.39, 0.29) is 11.9 Å². The molecule has 1 atom stereocenters. The van der Waals surface area contributed by atoms with Crippen LogP contribution in [-0.2, 0) is 11.3 Å². The molecule has 1 unspecified atom stereocenters. The predicted octanol–water partition coefficient (Wildman–Crippen LogP) is 1.42. The van der Waals surface area contributed by atoms with Gasteiger partial charge in [0.1, 0.15) is 0 Å². The van der Waals surface area contributed by atoms with E-state index in [1.165, 1.54) is 9.75 Å². The zero-order chi connectivity index (χ0) is 10.7. The molecule has 0 aliphatic carbocycles. The first-order valence-electron chi connectivity index (χ1n) is 5.32. The molecule has 2 N–H and O–H groups in total. The van der Waals surface area contributed by atoms with Crippen LogP contribution in [0.25, 0.3) is 0 Å². The number of carbonyl (C=O) groups is 1. The second-order valence-electron chi connectivity index (χ2n) is 3.88. The zero-order valence-corrected chi connectivity index (χ0v) is 9.69. The maximum atomic E-state index is 11.7. The van der Waals surface area contributed by atoms with Crippen molar-refractivity contribution in [3.05, 3.63) is 21.9 Å². The van der Waals surface area contributed by atoms with Gasteiger partial charge in [0.15, 0.2) is 0 Å². The summed E-state index contributed by atoms with van der Waals surface area (Å²) in [5.41, 5.74) is 0. The largest absolute Gasteiger partial charge is 0.350 e. The molecule has 1 aliphatic heterocycles. The van der Waals surface area contributed by atoms with Crippen LogP contribution in [-0.4, -0.2) is 18.5 Å². The van der Waals surface area contributed by atoms with Crippen LogP contribution >= 0.6 is 11.3 Å². The predicted molar refractivity (Wildman–Crippen MR) is 61.9 cm³/mol. The molecule has 1 aromatic rings. The van der Waals surface area contributed by atoms with Crippen molar-refractivity contribution in [2.24, 2.45) is 0 Å². The average molecular weight is 224 g/mol. The van der Waals surface area contributed by atoms with Gasteiger partial charge in [-0.05, 0) is 38.4 Å². The van der Waals surface area contributed by atoms with Crippen LogP contribution < -0.4 is 10.6 Å². The number of hydrogen-bond acceptors (Lipinski definition) is 3. The fourth-order valence-corrected chi connectivity index (χ4v) is 2.62. The molecular weight excluding hydrogens is 208 g/mol. The van der Waals surface area contributed by atoms with Crippen molar-refractivity contribution in [3.8, 4) is 0 Å². The molecule has 0 saturated carbocycles. The number of nitrogens with one attached hydrogen (secondary N) is 2. The van der Waals surface area contributed by atoms with E-state index in [4.69, 9.17) is 0 Å². The summed E-state index contributed by atoms with van der Waals surface area (Å²) < 4.78 is 0. The van der Waals surface area contributed by atoms with Gasteiger partial charge < -0.3 is 10.6 Å². The third-order valence-corrected chi connectivity index (χ3v) is 3.61. The lowest BCUT2D eigenvalue weighted by molar-refractivity contribution is -0.122. The number of rotatable bonds is 3. The number of aryl methyl sites for hydroxylation is 1. The van der Waals surface area contributed by atoms with Gasteiger partial charge >= 0.3 is 0 Å². The first-order valence-corrected chi connectivity index (χ1v) is 6.14. The number of carbonyl (C=O) groups excluding carboxylic acids is 1. The summed E-state index contributed by atoms with van der Waals surface area (Å²) in [5, 5.41) is 6.15. The Balaban J connectivity index is 1.80. The molecule has 2 heterocycles. The van der Waals surface area contributed by atoms with Crippen LogP contribution in [0.3, 0.4) is 0 Å². The Hall–Kier alpha value is -0.870. The number of amides is 1. The monoisotopic (exact) mass is 224 g/mol. The van der Waals surface area contributed by atoms with E-state index in [9.17, 15) is 4.79 Å². The molecule has 0 radical (unpaired) electrons. The summed E-state index contributed by atoms with van der Waals surface area (Å²) in [6.45, 7) is 3.71. The highest BCUT2D eigenvalue weighted by Gasteiger charge is 2.21. The van der Waals surface area contributed by atoms with Gasteiger partial charge in [-0.25, -0.2) is 0 Å². The van der Waals surface area contributed by atoms with Crippen molar-refractivity contribution in [2.75, 3.05) is 6.54 Å². The third kappa shape index (κ3) is 2.79. The van der Waals surface area contributed by atoms with Gasteiger partial charge in [0.2, 0.25) is 5.91 Å². The Bertz CT molecular complexity index is 342. The molecule has 1 fully saturated rings. The molecule has 3 nitrogen and oxygen atoms in total. The molecule has 0 bridgehead atoms. The minimum atomic E-state index is 0.0334. The molecule has 1 saturated heterocycles. The number of hydrogen-bond donors (Lipinski definition) is 2. The van der Waals surface area contributed by atoms with E-state index in [1.54, 1.807) is 11.3 Å². The van der Waals surface area contributed by atoms with Crippen LogP contribution in [0.15, 0.2) is 12.1 Å². The smallest absolute Gasteiger partial charge is 0.237 e. The molecule has 82 valence electrons. The summed E-state index contributed by atoms with van der Waals surface area (Å²) in [4.78, 5) is 14.2. The van der Waals surface area contributed by atoms with Gasteiger partial charge in [-0.1, -0.05) is 0 Å². The van der Waals surface area contributed by atoms with Crippen molar-refractivity contribution in [3.63, 3.8) is 0 Å². The Morgan fingerprint density at radius 3 is 3.13 bits per heavy atom. The Morgan fingerprint density at radius 2 is 2.53 bits per heavy atom. The van der Waals surface area contributed by atoms with Crippen molar-refractivity contribution in [1.82, 2.24) is 10.6 Å². The highest BCUT2D eigenvalue weighted by molar-refractivity contribution is 7.11. The second kappa shape index (κ2) is 4.77. The lowest BCUT2D eigenvalue weighted by Gasteiger charge is -2.09. The van der Waals surface area contributed by atoms with Gasteiger partial charge in [0.05, 0.1) is 12.6 Å². The van der Waals surface area contributed by atoms with Gasteiger partial charge in [-0.3, -0.25) is 4.79 Å². The molecule has 2 rings (SSSR count). The highest BCUT2D eigenvalue weighted by Crippen LogP contribution is 2.14. The fourth-order valence-electron chi connectivity index (χ4n) is 1.79. The summed E-state index contributed by atoms with van der Waals surface area (Å²) in [7, 11) is 0. The van der Waals surface area contributed by atoms with Crippen LogP contribution in [0.4, 0.5) is 0 Å². The van der Waals surface area contributed by atoms with Crippen molar-refractivity contribution >= 4 is 17.2 Å². The summed E-state index contributed by atoms with van der Waals surface area (Å²) in [6, 6.07) is 4.19. The zero-order valence-electron chi connectivity index (χ0n) is 8.88. The first-order chi connectivity index (χ1) is 7.25. The quantitative estimate of drug-likeness (QED) is 0.815. The maximum absolute atomic E-state index is 11.7. The Morgan fingerprint density at radius 1 is 1.67 bits per heavy atom. The lowest BCUT2D eigenvalue weighted by Crippen LogP contribution is -2.39. The minimum Gasteiger partial charge on any atom is -0.350 e. The average Bonchev–Trinajstić information content (AvgIpc) is 2.84. The fraction of sp³-hybridized carbons (Fsp3) is 0.545. The topological polar surface area (TPSA) is 41.1 Å². The third-order valence-electron chi connectivity index (χ3n) is 2.61. The SMILES string of the molecule is Cc1ccc(CNC(=O)C2CCCN2)s1. The van der Waals surface area contributed by atoms with E-state index in [0.29, 0.717) is 6.54 Å². The van der Waals surface area contributed by atoms with Gasteiger partial charge in [0.25, 0.3) is 0 Å². The number of thiophene rings is 1. The Kier molecular flexibility index (Phi) is 3.38.